The van der Waals surface area contributed by atoms with Gasteiger partial charge in [-0.25, -0.2) is 0 Å². The minimum Gasteiger partial charge on any atom is -0.493 e. The standard InChI is InChI=1S/C14H18N4O3/c1-18-8-16-17-13(18)3-4-15-7-10-5-11(19-2)14-12(6-10)20-9-21-14/h5-6,8,15H,3-4,7,9H2,1-2H3. The normalized spacial score (nSPS) is 12.7. The van der Waals surface area contributed by atoms with E-state index in [0.717, 1.165) is 36.6 Å². The maximum atomic E-state index is 5.41. The molecule has 3 rings (SSSR count). The molecule has 0 atom stereocenters. The van der Waals surface area contributed by atoms with Crippen molar-refractivity contribution in [3.63, 3.8) is 0 Å². The largest absolute Gasteiger partial charge is 0.493 e. The van der Waals surface area contributed by atoms with Gasteiger partial charge < -0.3 is 24.1 Å². The maximum Gasteiger partial charge on any atom is 0.231 e. The van der Waals surface area contributed by atoms with E-state index in [4.69, 9.17) is 14.2 Å². The van der Waals surface area contributed by atoms with Crippen LogP contribution in [0.1, 0.15) is 11.4 Å². The third-order valence-corrected chi connectivity index (χ3v) is 3.38. The zero-order valence-corrected chi connectivity index (χ0v) is 12.1. The van der Waals surface area contributed by atoms with E-state index >= 15 is 0 Å². The van der Waals surface area contributed by atoms with Crippen LogP contribution >= 0.6 is 0 Å². The summed E-state index contributed by atoms with van der Waals surface area (Å²) in [6.45, 7) is 1.79. The lowest BCUT2D eigenvalue weighted by Crippen LogP contribution is -2.18. The number of hydrogen-bond acceptors (Lipinski definition) is 6. The molecule has 0 unspecified atom stereocenters. The molecule has 0 saturated heterocycles. The SMILES string of the molecule is COc1cc(CNCCc2nncn2C)cc2c1OCO2. The van der Waals surface area contributed by atoms with Crippen molar-refractivity contribution in [1.82, 2.24) is 20.1 Å². The molecule has 0 radical (unpaired) electrons. The molecule has 7 heteroatoms. The van der Waals surface area contributed by atoms with E-state index in [9.17, 15) is 0 Å². The van der Waals surface area contributed by atoms with Gasteiger partial charge in [0.1, 0.15) is 12.2 Å². The van der Waals surface area contributed by atoms with Crippen molar-refractivity contribution < 1.29 is 14.2 Å². The molecule has 0 aliphatic carbocycles. The highest BCUT2D eigenvalue weighted by molar-refractivity contribution is 5.55. The lowest BCUT2D eigenvalue weighted by Gasteiger charge is -2.09. The van der Waals surface area contributed by atoms with E-state index < -0.39 is 0 Å². The number of nitrogens with one attached hydrogen (secondary N) is 1. The summed E-state index contributed by atoms with van der Waals surface area (Å²) in [7, 11) is 3.57. The minimum atomic E-state index is 0.245. The molecule has 1 aromatic heterocycles. The first-order valence-electron chi connectivity index (χ1n) is 6.78. The average molecular weight is 290 g/mol. The number of nitrogens with zero attached hydrogens (tertiary/aromatic N) is 3. The molecular weight excluding hydrogens is 272 g/mol. The first-order valence-corrected chi connectivity index (χ1v) is 6.78. The fourth-order valence-corrected chi connectivity index (χ4v) is 2.25. The van der Waals surface area contributed by atoms with Crippen LogP contribution in [-0.4, -0.2) is 35.2 Å². The summed E-state index contributed by atoms with van der Waals surface area (Å²) in [4.78, 5) is 0. The molecule has 21 heavy (non-hydrogen) atoms. The van der Waals surface area contributed by atoms with E-state index in [2.05, 4.69) is 15.5 Å². The van der Waals surface area contributed by atoms with Gasteiger partial charge in [-0.05, 0) is 17.7 Å². The number of aryl methyl sites for hydroxylation is 1. The third-order valence-electron chi connectivity index (χ3n) is 3.38. The van der Waals surface area contributed by atoms with Crippen molar-refractivity contribution in [1.29, 1.82) is 0 Å². The summed E-state index contributed by atoms with van der Waals surface area (Å²) in [6, 6.07) is 3.93. The number of ether oxygens (including phenoxy) is 3. The van der Waals surface area contributed by atoms with Crippen LogP contribution in [-0.2, 0) is 20.0 Å². The van der Waals surface area contributed by atoms with Gasteiger partial charge >= 0.3 is 0 Å². The zero-order chi connectivity index (χ0) is 14.7. The average Bonchev–Trinajstić information content (AvgIpc) is 3.11. The Morgan fingerprint density at radius 3 is 3.05 bits per heavy atom. The van der Waals surface area contributed by atoms with Crippen molar-refractivity contribution in [2.45, 2.75) is 13.0 Å². The van der Waals surface area contributed by atoms with Gasteiger partial charge in [0.25, 0.3) is 0 Å². The zero-order valence-electron chi connectivity index (χ0n) is 12.1. The molecule has 1 aliphatic heterocycles. The number of hydrogen-bond donors (Lipinski definition) is 1. The number of fused-ring (bicyclic) bond motifs is 1. The first kappa shape index (κ1) is 13.7. The molecule has 0 fully saturated rings. The van der Waals surface area contributed by atoms with Crippen LogP contribution in [0, 0.1) is 0 Å². The second-order valence-corrected chi connectivity index (χ2v) is 4.82. The highest BCUT2D eigenvalue weighted by atomic mass is 16.7. The second kappa shape index (κ2) is 6.01. The van der Waals surface area contributed by atoms with Gasteiger partial charge in [0, 0.05) is 26.6 Å². The van der Waals surface area contributed by atoms with Gasteiger partial charge in [-0.2, -0.15) is 0 Å². The Morgan fingerprint density at radius 2 is 2.29 bits per heavy atom. The lowest BCUT2D eigenvalue weighted by atomic mass is 10.2. The summed E-state index contributed by atoms with van der Waals surface area (Å²) in [6.07, 6.45) is 2.54. The van der Waals surface area contributed by atoms with Gasteiger partial charge in [-0.1, -0.05) is 0 Å². The van der Waals surface area contributed by atoms with Gasteiger partial charge in [-0.3, -0.25) is 0 Å². The van der Waals surface area contributed by atoms with Gasteiger partial charge in [0.05, 0.1) is 7.11 Å². The molecule has 0 spiro atoms. The topological polar surface area (TPSA) is 70.4 Å². The second-order valence-electron chi connectivity index (χ2n) is 4.82. The summed E-state index contributed by atoms with van der Waals surface area (Å²) in [5, 5.41) is 11.3. The molecule has 0 bridgehead atoms. The Bertz CT molecular complexity index is 627. The van der Waals surface area contributed by atoms with Crippen molar-refractivity contribution >= 4 is 0 Å². The summed E-state index contributed by atoms with van der Waals surface area (Å²) in [5.41, 5.74) is 1.09. The highest BCUT2D eigenvalue weighted by Gasteiger charge is 2.19. The number of methoxy groups -OCH3 is 1. The van der Waals surface area contributed by atoms with Crippen molar-refractivity contribution in [2.75, 3.05) is 20.4 Å². The number of rotatable bonds is 6. The van der Waals surface area contributed by atoms with Gasteiger partial charge in [0.15, 0.2) is 11.5 Å². The predicted molar refractivity (Wildman–Crippen MR) is 75.5 cm³/mol. The summed E-state index contributed by atoms with van der Waals surface area (Å²) < 4.78 is 18.0. The molecule has 0 saturated carbocycles. The van der Waals surface area contributed by atoms with E-state index in [1.54, 1.807) is 13.4 Å². The Morgan fingerprint density at radius 1 is 1.38 bits per heavy atom. The quantitative estimate of drug-likeness (QED) is 0.797. The fraction of sp³-hybridized carbons (Fsp3) is 0.429. The minimum absolute atomic E-state index is 0.245. The van der Waals surface area contributed by atoms with E-state index in [1.807, 2.05) is 23.7 Å². The van der Waals surface area contributed by atoms with Crippen molar-refractivity contribution in [3.8, 4) is 17.2 Å². The monoisotopic (exact) mass is 290 g/mol. The Kier molecular flexibility index (Phi) is 3.92. The van der Waals surface area contributed by atoms with Crippen LogP contribution in [0.15, 0.2) is 18.5 Å². The molecule has 0 amide bonds. The summed E-state index contributed by atoms with van der Waals surface area (Å²) in [5.74, 6) is 3.08. The van der Waals surface area contributed by atoms with Crippen LogP contribution in [0.3, 0.4) is 0 Å². The third kappa shape index (κ3) is 2.92. The molecule has 1 aromatic carbocycles. The fourth-order valence-electron chi connectivity index (χ4n) is 2.25. The molecule has 2 heterocycles. The Hall–Kier alpha value is -2.28. The number of aromatic nitrogens is 3. The lowest BCUT2D eigenvalue weighted by molar-refractivity contribution is 0.171. The smallest absolute Gasteiger partial charge is 0.231 e. The summed E-state index contributed by atoms with van der Waals surface area (Å²) >= 11 is 0. The molecule has 2 aromatic rings. The van der Waals surface area contributed by atoms with Gasteiger partial charge in [0.2, 0.25) is 12.5 Å². The van der Waals surface area contributed by atoms with E-state index in [-0.39, 0.29) is 6.79 Å². The van der Waals surface area contributed by atoms with Gasteiger partial charge in [-0.15, -0.1) is 10.2 Å². The molecule has 112 valence electrons. The molecule has 7 nitrogen and oxygen atoms in total. The van der Waals surface area contributed by atoms with E-state index in [0.29, 0.717) is 11.5 Å². The number of benzene rings is 1. The Labute approximate surface area is 122 Å². The van der Waals surface area contributed by atoms with Crippen LogP contribution in [0.25, 0.3) is 0 Å². The molecule has 1 aliphatic rings. The predicted octanol–water partition coefficient (Wildman–Crippen LogP) is 0.885. The van der Waals surface area contributed by atoms with Crippen molar-refractivity contribution in [2.24, 2.45) is 7.05 Å². The van der Waals surface area contributed by atoms with Crippen LogP contribution in [0.4, 0.5) is 0 Å². The van der Waals surface area contributed by atoms with Crippen LogP contribution in [0.2, 0.25) is 0 Å². The van der Waals surface area contributed by atoms with E-state index in [1.165, 1.54) is 0 Å². The first-order chi connectivity index (χ1) is 10.3. The van der Waals surface area contributed by atoms with Crippen LogP contribution in [0.5, 0.6) is 17.2 Å². The molecular formula is C14H18N4O3. The molecule has 1 N–H and O–H groups in total. The Balaban J connectivity index is 1.57. The maximum absolute atomic E-state index is 5.41. The van der Waals surface area contributed by atoms with Crippen LogP contribution < -0.4 is 19.5 Å². The van der Waals surface area contributed by atoms with Crippen molar-refractivity contribution in [3.05, 3.63) is 29.8 Å². The highest BCUT2D eigenvalue weighted by Crippen LogP contribution is 2.41.